The molecular formula is C20H27N3O4S2. The molecule has 0 amide bonds. The Balaban J connectivity index is 1.87. The minimum atomic E-state index is -3.70. The van der Waals surface area contributed by atoms with Crippen molar-refractivity contribution in [2.45, 2.75) is 38.0 Å². The van der Waals surface area contributed by atoms with E-state index in [9.17, 15) is 16.8 Å². The number of nitrogens with zero attached hydrogens (tertiary/aromatic N) is 3. The first-order valence-corrected chi connectivity index (χ1v) is 12.6. The molecule has 9 heteroatoms. The average molecular weight is 438 g/mol. The Morgan fingerprint density at radius 1 is 1.10 bits per heavy atom. The zero-order valence-corrected chi connectivity index (χ0v) is 18.6. The molecule has 0 N–H and O–H groups in total. The van der Waals surface area contributed by atoms with Crippen LogP contribution in [0.2, 0.25) is 0 Å². The lowest BCUT2D eigenvalue weighted by molar-refractivity contribution is 0.471. The van der Waals surface area contributed by atoms with E-state index in [-0.39, 0.29) is 10.6 Å². The molecule has 0 saturated carbocycles. The fourth-order valence-electron chi connectivity index (χ4n) is 3.67. The molecule has 1 aliphatic rings. The normalized spacial score (nSPS) is 16.9. The van der Waals surface area contributed by atoms with Crippen molar-refractivity contribution in [1.82, 2.24) is 9.29 Å². The molecule has 2 aromatic rings. The fraction of sp³-hybridized carbons (Fsp3) is 0.450. The summed E-state index contributed by atoms with van der Waals surface area (Å²) < 4.78 is 54.0. The number of sulfonamides is 2. The maximum atomic E-state index is 13.2. The van der Waals surface area contributed by atoms with Crippen molar-refractivity contribution in [3.05, 3.63) is 53.3 Å². The predicted octanol–water partition coefficient (Wildman–Crippen LogP) is 2.49. The second kappa shape index (κ2) is 8.41. The highest BCUT2D eigenvalue weighted by Gasteiger charge is 2.29. The van der Waals surface area contributed by atoms with Crippen LogP contribution in [0, 0.1) is 13.8 Å². The first kappa shape index (κ1) is 21.7. The van der Waals surface area contributed by atoms with Crippen molar-refractivity contribution in [2.75, 3.05) is 30.2 Å². The Labute approximate surface area is 173 Å². The molecule has 29 heavy (non-hydrogen) atoms. The molecule has 0 atom stereocenters. The van der Waals surface area contributed by atoms with Gasteiger partial charge in [-0.2, -0.15) is 0 Å². The minimum absolute atomic E-state index is 0.128. The van der Waals surface area contributed by atoms with Gasteiger partial charge in [0.25, 0.3) is 0 Å². The Morgan fingerprint density at radius 3 is 2.31 bits per heavy atom. The van der Waals surface area contributed by atoms with Crippen LogP contribution in [0.5, 0.6) is 0 Å². The molecule has 2 heterocycles. The molecule has 3 rings (SSSR count). The van der Waals surface area contributed by atoms with Gasteiger partial charge in [0.05, 0.1) is 16.3 Å². The zero-order valence-electron chi connectivity index (χ0n) is 17.0. The van der Waals surface area contributed by atoms with Gasteiger partial charge in [-0.3, -0.25) is 9.29 Å². The molecule has 0 radical (unpaired) electrons. The molecule has 1 aliphatic heterocycles. The first-order valence-electron chi connectivity index (χ1n) is 9.60. The molecule has 0 bridgehead atoms. The van der Waals surface area contributed by atoms with Crippen LogP contribution < -0.4 is 4.31 Å². The van der Waals surface area contributed by atoms with E-state index < -0.39 is 20.0 Å². The van der Waals surface area contributed by atoms with Crippen molar-refractivity contribution in [1.29, 1.82) is 0 Å². The monoisotopic (exact) mass is 437 g/mol. The van der Waals surface area contributed by atoms with Crippen molar-refractivity contribution >= 4 is 25.7 Å². The van der Waals surface area contributed by atoms with Crippen LogP contribution in [0.1, 0.15) is 29.5 Å². The third kappa shape index (κ3) is 4.62. The van der Waals surface area contributed by atoms with Crippen molar-refractivity contribution in [3.8, 4) is 0 Å². The summed E-state index contributed by atoms with van der Waals surface area (Å²) in [5.74, 6) is 0.128. The highest BCUT2D eigenvalue weighted by molar-refractivity contribution is 7.92. The van der Waals surface area contributed by atoms with E-state index in [0.29, 0.717) is 42.7 Å². The molecule has 0 unspecified atom stereocenters. The number of hydrogen-bond donors (Lipinski definition) is 0. The van der Waals surface area contributed by atoms with Gasteiger partial charge in [-0.25, -0.2) is 21.1 Å². The molecule has 1 aromatic heterocycles. The highest BCUT2D eigenvalue weighted by atomic mass is 32.2. The molecule has 0 spiro atoms. The van der Waals surface area contributed by atoms with Gasteiger partial charge >= 0.3 is 0 Å². The van der Waals surface area contributed by atoms with Crippen molar-refractivity contribution < 1.29 is 16.8 Å². The molecule has 0 aliphatic carbocycles. The molecule has 1 fully saturated rings. The summed E-state index contributed by atoms with van der Waals surface area (Å²) in [6, 6.07) is 7.06. The topological polar surface area (TPSA) is 87.7 Å². The number of rotatable bonds is 6. The average Bonchev–Trinajstić information content (AvgIpc) is 2.65. The van der Waals surface area contributed by atoms with Gasteiger partial charge in [-0.1, -0.05) is 0 Å². The van der Waals surface area contributed by atoms with Crippen LogP contribution in [0.25, 0.3) is 0 Å². The van der Waals surface area contributed by atoms with Gasteiger partial charge in [0.1, 0.15) is 0 Å². The Bertz CT molecular complexity index is 1060. The van der Waals surface area contributed by atoms with E-state index >= 15 is 0 Å². The Kier molecular flexibility index (Phi) is 6.30. The van der Waals surface area contributed by atoms with Crippen molar-refractivity contribution in [2.24, 2.45) is 0 Å². The van der Waals surface area contributed by atoms with Gasteiger partial charge < -0.3 is 0 Å². The van der Waals surface area contributed by atoms with Gasteiger partial charge in [0.2, 0.25) is 20.0 Å². The van der Waals surface area contributed by atoms with E-state index in [2.05, 4.69) is 4.98 Å². The number of benzene rings is 1. The highest BCUT2D eigenvalue weighted by Crippen LogP contribution is 2.31. The second-order valence-electron chi connectivity index (χ2n) is 7.44. The molecular weight excluding hydrogens is 410 g/mol. The summed E-state index contributed by atoms with van der Waals surface area (Å²) in [5.41, 5.74) is 2.66. The van der Waals surface area contributed by atoms with E-state index in [0.717, 1.165) is 12.0 Å². The number of aromatic nitrogens is 1. The van der Waals surface area contributed by atoms with Crippen LogP contribution in [-0.4, -0.2) is 52.0 Å². The van der Waals surface area contributed by atoms with Gasteiger partial charge in [0, 0.05) is 32.5 Å². The van der Waals surface area contributed by atoms with Crippen LogP contribution >= 0.6 is 0 Å². The van der Waals surface area contributed by atoms with Crippen LogP contribution in [-0.2, 0) is 26.5 Å². The summed E-state index contributed by atoms with van der Waals surface area (Å²) in [6.45, 7) is 4.21. The fourth-order valence-corrected chi connectivity index (χ4v) is 6.87. The van der Waals surface area contributed by atoms with Gasteiger partial charge in [-0.05, 0) is 74.1 Å². The maximum Gasteiger partial charge on any atom is 0.243 e. The first-order chi connectivity index (χ1) is 13.6. The number of aryl methyl sites for hydroxylation is 2. The molecule has 1 aromatic carbocycles. The van der Waals surface area contributed by atoms with E-state index in [1.807, 2.05) is 12.1 Å². The van der Waals surface area contributed by atoms with E-state index in [4.69, 9.17) is 0 Å². The summed E-state index contributed by atoms with van der Waals surface area (Å²) in [7, 11) is -5.47. The maximum absolute atomic E-state index is 13.2. The lowest BCUT2D eigenvalue weighted by Crippen LogP contribution is -2.38. The lowest BCUT2D eigenvalue weighted by Gasteiger charge is -2.29. The Hall–Kier alpha value is -1.97. The third-order valence-corrected chi connectivity index (χ3v) is 9.25. The summed E-state index contributed by atoms with van der Waals surface area (Å²) in [4.78, 5) is 4.21. The SMILES string of the molecule is Cc1cc(N2CCCCS2(=O)=O)cc(C)c1S(=O)(=O)N(C)CCc1ccncc1. The zero-order chi connectivity index (χ0) is 21.2. The Morgan fingerprint density at radius 2 is 1.72 bits per heavy atom. The number of hydrogen-bond acceptors (Lipinski definition) is 5. The summed E-state index contributed by atoms with van der Waals surface area (Å²) in [6.07, 6.45) is 5.41. The third-order valence-electron chi connectivity index (χ3n) is 5.22. The summed E-state index contributed by atoms with van der Waals surface area (Å²) >= 11 is 0. The number of anilines is 1. The van der Waals surface area contributed by atoms with Crippen LogP contribution in [0.15, 0.2) is 41.6 Å². The number of likely N-dealkylation sites (N-methyl/N-ethyl adjacent to an activating group) is 1. The standard InChI is InChI=1S/C20H27N3O4S2/c1-16-14-19(23-11-4-5-13-28(23,24)25)15-17(2)20(16)29(26,27)22(3)12-8-18-6-9-21-10-7-18/h6-7,9-10,14-15H,4-5,8,11-13H2,1-3H3. The smallest absolute Gasteiger partial charge is 0.243 e. The quantitative estimate of drug-likeness (QED) is 0.693. The number of pyridine rings is 1. The van der Waals surface area contributed by atoms with Gasteiger partial charge in [0.15, 0.2) is 0 Å². The largest absolute Gasteiger partial charge is 0.270 e. The van der Waals surface area contributed by atoms with E-state index in [1.54, 1.807) is 45.4 Å². The molecule has 1 saturated heterocycles. The molecule has 158 valence electrons. The van der Waals surface area contributed by atoms with Crippen LogP contribution in [0.4, 0.5) is 5.69 Å². The minimum Gasteiger partial charge on any atom is -0.270 e. The summed E-state index contributed by atoms with van der Waals surface area (Å²) in [5, 5.41) is 0. The van der Waals surface area contributed by atoms with E-state index in [1.165, 1.54) is 8.61 Å². The van der Waals surface area contributed by atoms with Crippen molar-refractivity contribution in [3.63, 3.8) is 0 Å². The van der Waals surface area contributed by atoms with Crippen LogP contribution in [0.3, 0.4) is 0 Å². The molecule has 7 nitrogen and oxygen atoms in total. The predicted molar refractivity (Wildman–Crippen MR) is 114 cm³/mol. The van der Waals surface area contributed by atoms with Gasteiger partial charge in [-0.15, -0.1) is 0 Å². The second-order valence-corrected chi connectivity index (χ2v) is 11.4. The lowest BCUT2D eigenvalue weighted by atomic mass is 10.1.